The fraction of sp³-hybridized carbons (Fsp3) is 0.867. The Labute approximate surface area is 99.3 Å². The minimum absolute atomic E-state index is 0.287. The molecule has 0 saturated heterocycles. The van der Waals surface area contributed by atoms with E-state index in [9.17, 15) is 4.39 Å². The van der Waals surface area contributed by atoms with Gasteiger partial charge in [-0.15, -0.1) is 0 Å². The Morgan fingerprint density at radius 2 is 2.12 bits per heavy atom. The molecule has 2 rings (SSSR count). The second-order valence-electron chi connectivity index (χ2n) is 6.42. The van der Waals surface area contributed by atoms with Gasteiger partial charge in [0.15, 0.2) is 0 Å². The predicted molar refractivity (Wildman–Crippen MR) is 67.0 cm³/mol. The van der Waals surface area contributed by atoms with Crippen molar-refractivity contribution in [3.05, 3.63) is 11.6 Å². The summed E-state index contributed by atoms with van der Waals surface area (Å²) in [5, 5.41) is 0. The molecule has 0 aromatic carbocycles. The van der Waals surface area contributed by atoms with Gasteiger partial charge in [-0.05, 0) is 42.4 Å². The summed E-state index contributed by atoms with van der Waals surface area (Å²) in [4.78, 5) is 0. The van der Waals surface area contributed by atoms with Gasteiger partial charge in [0.25, 0.3) is 0 Å². The van der Waals surface area contributed by atoms with Gasteiger partial charge in [0.1, 0.15) is 6.17 Å². The lowest BCUT2D eigenvalue weighted by Gasteiger charge is -2.49. The fourth-order valence-corrected chi connectivity index (χ4v) is 3.83. The summed E-state index contributed by atoms with van der Waals surface area (Å²) in [5.41, 5.74) is 1.70. The first kappa shape index (κ1) is 12.1. The van der Waals surface area contributed by atoms with Crippen molar-refractivity contribution in [2.45, 2.75) is 59.5 Å². The summed E-state index contributed by atoms with van der Waals surface area (Å²) >= 11 is 0. The third-order valence-electron chi connectivity index (χ3n) is 5.29. The van der Waals surface area contributed by atoms with Crippen molar-refractivity contribution < 1.29 is 4.39 Å². The van der Waals surface area contributed by atoms with Crippen LogP contribution in [0.2, 0.25) is 0 Å². The third-order valence-corrected chi connectivity index (χ3v) is 5.29. The van der Waals surface area contributed by atoms with E-state index in [-0.39, 0.29) is 5.41 Å². The number of allylic oxidation sites excluding steroid dienone is 2. The van der Waals surface area contributed by atoms with Crippen molar-refractivity contribution >= 4 is 0 Å². The molecule has 0 radical (unpaired) electrons. The first-order valence-corrected chi connectivity index (χ1v) is 6.78. The van der Waals surface area contributed by atoms with Crippen LogP contribution in [0.4, 0.5) is 4.39 Å². The van der Waals surface area contributed by atoms with Gasteiger partial charge in [0, 0.05) is 6.42 Å². The van der Waals surface area contributed by atoms with Crippen LogP contribution in [0.15, 0.2) is 11.6 Å². The lowest BCUT2D eigenvalue weighted by Crippen LogP contribution is -2.41. The maximum Gasteiger partial charge on any atom is 0.104 e. The summed E-state index contributed by atoms with van der Waals surface area (Å²) in [6.45, 7) is 9.40. The van der Waals surface area contributed by atoms with Crippen LogP contribution in [0.25, 0.3) is 0 Å². The molecule has 0 bridgehead atoms. The third kappa shape index (κ3) is 1.83. The van der Waals surface area contributed by atoms with Gasteiger partial charge in [-0.3, -0.25) is 0 Å². The Kier molecular flexibility index (Phi) is 3.16. The standard InChI is InChI=1S/C15H25F/c1-10(2)14-6-5-12-9-13(16)7-8-15(12,4)11(14)3/h5,10-11,13-14H,6-9H2,1-4H3/t11?,13-,14?,15+/m0/s1. The molecule has 1 heteroatoms. The monoisotopic (exact) mass is 224 g/mol. The summed E-state index contributed by atoms with van der Waals surface area (Å²) in [5.74, 6) is 2.23. The minimum Gasteiger partial charge on any atom is -0.247 e. The van der Waals surface area contributed by atoms with Gasteiger partial charge in [-0.25, -0.2) is 4.39 Å². The van der Waals surface area contributed by atoms with Crippen molar-refractivity contribution in [2.75, 3.05) is 0 Å². The summed E-state index contributed by atoms with van der Waals surface area (Å²) in [7, 11) is 0. The number of rotatable bonds is 1. The summed E-state index contributed by atoms with van der Waals surface area (Å²) in [6, 6.07) is 0. The quantitative estimate of drug-likeness (QED) is 0.564. The fourth-order valence-electron chi connectivity index (χ4n) is 3.83. The van der Waals surface area contributed by atoms with Crippen LogP contribution in [-0.2, 0) is 0 Å². The van der Waals surface area contributed by atoms with Crippen LogP contribution < -0.4 is 0 Å². The number of fused-ring (bicyclic) bond motifs is 1. The molecule has 0 N–H and O–H groups in total. The van der Waals surface area contributed by atoms with E-state index in [1.165, 1.54) is 5.57 Å². The van der Waals surface area contributed by atoms with Crippen LogP contribution >= 0.6 is 0 Å². The number of hydrogen-bond donors (Lipinski definition) is 0. The first-order chi connectivity index (χ1) is 7.45. The average Bonchev–Trinajstić information content (AvgIpc) is 2.21. The van der Waals surface area contributed by atoms with E-state index in [1.54, 1.807) is 0 Å². The molecule has 0 nitrogen and oxygen atoms in total. The van der Waals surface area contributed by atoms with Gasteiger partial charge in [-0.1, -0.05) is 39.3 Å². The average molecular weight is 224 g/mol. The molecule has 0 aromatic heterocycles. The molecule has 1 fully saturated rings. The zero-order chi connectivity index (χ0) is 11.9. The Balaban J connectivity index is 2.26. The van der Waals surface area contributed by atoms with Gasteiger partial charge in [-0.2, -0.15) is 0 Å². The minimum atomic E-state index is -0.581. The molecule has 2 aliphatic carbocycles. The summed E-state index contributed by atoms with van der Waals surface area (Å²) in [6.07, 6.45) is 5.45. The molecule has 0 aromatic rings. The van der Waals surface area contributed by atoms with Crippen LogP contribution in [-0.4, -0.2) is 6.17 Å². The second kappa shape index (κ2) is 4.16. The normalized spacial score (nSPS) is 44.1. The Morgan fingerprint density at radius 3 is 2.75 bits per heavy atom. The van der Waals surface area contributed by atoms with Crippen molar-refractivity contribution in [1.82, 2.24) is 0 Å². The van der Waals surface area contributed by atoms with E-state index in [4.69, 9.17) is 0 Å². The SMILES string of the molecule is CC(C)C1CC=C2C[C@@H](F)CC[C@]2(C)C1C. The van der Waals surface area contributed by atoms with E-state index >= 15 is 0 Å². The van der Waals surface area contributed by atoms with Crippen molar-refractivity contribution in [2.24, 2.45) is 23.2 Å². The largest absolute Gasteiger partial charge is 0.247 e. The summed E-state index contributed by atoms with van der Waals surface area (Å²) < 4.78 is 13.5. The lowest BCUT2D eigenvalue weighted by molar-refractivity contribution is 0.0748. The zero-order valence-corrected chi connectivity index (χ0v) is 11.1. The Morgan fingerprint density at radius 1 is 1.44 bits per heavy atom. The number of alkyl halides is 1. The van der Waals surface area contributed by atoms with Crippen LogP contribution in [0, 0.1) is 23.2 Å². The van der Waals surface area contributed by atoms with Crippen LogP contribution in [0.1, 0.15) is 53.4 Å². The molecule has 2 aliphatic rings. The highest BCUT2D eigenvalue weighted by Crippen LogP contribution is 2.54. The van der Waals surface area contributed by atoms with Crippen molar-refractivity contribution in [3.63, 3.8) is 0 Å². The topological polar surface area (TPSA) is 0 Å². The molecular formula is C15H25F. The van der Waals surface area contributed by atoms with Gasteiger partial charge in [0.05, 0.1) is 0 Å². The van der Waals surface area contributed by atoms with E-state index in [2.05, 4.69) is 33.8 Å². The molecule has 4 atom stereocenters. The highest BCUT2D eigenvalue weighted by molar-refractivity contribution is 5.22. The molecule has 0 heterocycles. The molecule has 2 unspecified atom stereocenters. The van der Waals surface area contributed by atoms with Crippen molar-refractivity contribution in [1.29, 1.82) is 0 Å². The maximum atomic E-state index is 13.5. The Hall–Kier alpha value is -0.330. The molecule has 0 aliphatic heterocycles. The van der Waals surface area contributed by atoms with Gasteiger partial charge < -0.3 is 0 Å². The molecule has 92 valence electrons. The van der Waals surface area contributed by atoms with Crippen LogP contribution in [0.5, 0.6) is 0 Å². The van der Waals surface area contributed by atoms with Crippen LogP contribution in [0.3, 0.4) is 0 Å². The molecular weight excluding hydrogens is 199 g/mol. The smallest absolute Gasteiger partial charge is 0.104 e. The first-order valence-electron chi connectivity index (χ1n) is 6.78. The predicted octanol–water partition coefficient (Wildman–Crippen LogP) is 4.75. The molecule has 0 amide bonds. The van der Waals surface area contributed by atoms with Gasteiger partial charge >= 0.3 is 0 Å². The van der Waals surface area contributed by atoms with E-state index in [1.807, 2.05) is 0 Å². The van der Waals surface area contributed by atoms with Crippen molar-refractivity contribution in [3.8, 4) is 0 Å². The van der Waals surface area contributed by atoms with E-state index in [0.29, 0.717) is 12.3 Å². The van der Waals surface area contributed by atoms with E-state index < -0.39 is 6.17 Å². The van der Waals surface area contributed by atoms with Gasteiger partial charge in [0.2, 0.25) is 0 Å². The van der Waals surface area contributed by atoms with E-state index in [0.717, 1.165) is 31.1 Å². The molecule has 1 saturated carbocycles. The zero-order valence-electron chi connectivity index (χ0n) is 11.1. The maximum absolute atomic E-state index is 13.5. The molecule has 0 spiro atoms. The number of halogens is 1. The molecule has 16 heavy (non-hydrogen) atoms. The lowest BCUT2D eigenvalue weighted by atomic mass is 9.56. The second-order valence-corrected chi connectivity index (χ2v) is 6.42. The highest BCUT2D eigenvalue weighted by Gasteiger charge is 2.45. The highest BCUT2D eigenvalue weighted by atomic mass is 19.1. The Bertz CT molecular complexity index is 292. The number of hydrogen-bond acceptors (Lipinski definition) is 0.